The molecule has 0 spiro atoms. The molecule has 2 saturated heterocycles. The number of amides is 1. The summed E-state index contributed by atoms with van der Waals surface area (Å²) in [6.45, 7) is 7.86. The number of aromatic nitrogens is 6. The van der Waals surface area contributed by atoms with E-state index >= 15 is 0 Å². The molecule has 4 aromatic rings. The summed E-state index contributed by atoms with van der Waals surface area (Å²) in [5.74, 6) is 0.814. The van der Waals surface area contributed by atoms with Crippen molar-refractivity contribution < 1.29 is 23.7 Å². The van der Waals surface area contributed by atoms with Crippen LogP contribution in [-0.2, 0) is 9.47 Å². The lowest BCUT2D eigenvalue weighted by Crippen LogP contribution is -2.48. The predicted octanol–water partition coefficient (Wildman–Crippen LogP) is 5.16. The molecule has 2 fully saturated rings. The van der Waals surface area contributed by atoms with Crippen molar-refractivity contribution in [1.29, 1.82) is 0 Å². The molecule has 13 heteroatoms. The van der Waals surface area contributed by atoms with Crippen molar-refractivity contribution in [2.75, 3.05) is 38.8 Å². The summed E-state index contributed by atoms with van der Waals surface area (Å²) in [4.78, 5) is 33.6. The minimum Gasteiger partial charge on any atom is -0.481 e. The quantitative estimate of drug-likeness (QED) is 0.295. The van der Waals surface area contributed by atoms with Crippen LogP contribution in [0.5, 0.6) is 11.9 Å². The van der Waals surface area contributed by atoms with E-state index in [4.69, 9.17) is 29.0 Å². The van der Waals surface area contributed by atoms with Crippen LogP contribution in [0.2, 0.25) is 0 Å². The average Bonchev–Trinajstić information content (AvgIpc) is 3.44. The number of anilines is 1. The maximum atomic E-state index is 13.6. The highest BCUT2D eigenvalue weighted by atomic mass is 16.6. The van der Waals surface area contributed by atoms with Crippen LogP contribution in [0.25, 0.3) is 33.5 Å². The van der Waals surface area contributed by atoms with Crippen LogP contribution in [0, 0.1) is 0 Å². The fraction of sp³-hybridized carbons (Fsp3) is 0.500. The molecule has 2 aliphatic rings. The number of hydrogen-bond donors (Lipinski definition) is 1. The lowest BCUT2D eigenvalue weighted by Gasteiger charge is -2.35. The van der Waals surface area contributed by atoms with E-state index in [0.717, 1.165) is 61.7 Å². The molecule has 45 heavy (non-hydrogen) atoms. The van der Waals surface area contributed by atoms with Gasteiger partial charge in [0, 0.05) is 29.7 Å². The van der Waals surface area contributed by atoms with E-state index in [1.165, 1.54) is 7.11 Å². The summed E-state index contributed by atoms with van der Waals surface area (Å²) in [5.41, 5.74) is 2.84. The summed E-state index contributed by atoms with van der Waals surface area (Å²) in [5, 5.41) is 9.28. The van der Waals surface area contributed by atoms with Crippen molar-refractivity contribution in [3.05, 3.63) is 36.7 Å². The third-order valence-corrected chi connectivity index (χ3v) is 7.88. The van der Waals surface area contributed by atoms with E-state index in [9.17, 15) is 4.79 Å². The zero-order chi connectivity index (χ0) is 31.6. The van der Waals surface area contributed by atoms with Gasteiger partial charge in [0.25, 0.3) is 0 Å². The average molecular weight is 617 g/mol. The number of piperidine rings is 1. The number of nitrogens with zero attached hydrogens (tertiary/aromatic N) is 7. The molecule has 0 radical (unpaired) electrons. The summed E-state index contributed by atoms with van der Waals surface area (Å²) in [6, 6.07) is 7.90. The minimum atomic E-state index is -0.662. The van der Waals surface area contributed by atoms with Gasteiger partial charge in [-0.1, -0.05) is 6.07 Å². The highest BCUT2D eigenvalue weighted by molar-refractivity contribution is 5.95. The van der Waals surface area contributed by atoms with Gasteiger partial charge in [0.15, 0.2) is 12.0 Å². The smallest absolute Gasteiger partial charge is 0.416 e. The molecule has 1 N–H and O–H groups in total. The molecule has 238 valence electrons. The number of carbonyl (C=O) groups is 1. The van der Waals surface area contributed by atoms with E-state index in [1.807, 2.05) is 43.7 Å². The third kappa shape index (κ3) is 6.69. The van der Waals surface area contributed by atoms with Gasteiger partial charge in [0.2, 0.25) is 5.88 Å². The van der Waals surface area contributed by atoms with Crippen molar-refractivity contribution in [3.63, 3.8) is 0 Å². The maximum absolute atomic E-state index is 13.6. The molecule has 1 unspecified atom stereocenters. The third-order valence-electron chi connectivity index (χ3n) is 7.88. The van der Waals surface area contributed by atoms with Gasteiger partial charge in [0.1, 0.15) is 17.0 Å². The fourth-order valence-electron chi connectivity index (χ4n) is 5.76. The van der Waals surface area contributed by atoms with Gasteiger partial charge in [-0.3, -0.25) is 9.88 Å². The number of benzene rings is 1. The highest BCUT2D eigenvalue weighted by Crippen LogP contribution is 2.36. The van der Waals surface area contributed by atoms with Crippen LogP contribution in [0.15, 0.2) is 36.7 Å². The summed E-state index contributed by atoms with van der Waals surface area (Å²) < 4.78 is 24.6. The largest absolute Gasteiger partial charge is 0.481 e. The SMILES string of the molecule is COc1cc(-c2ccc3c(c2)c(-c2cncc(N(C(=O)OC(C)(C)C)C4CCNCC4)n2)nn3C2CCCCO2)nc(OC)n1. The van der Waals surface area contributed by atoms with Gasteiger partial charge in [-0.05, 0) is 78.1 Å². The summed E-state index contributed by atoms with van der Waals surface area (Å²) >= 11 is 0. The molecular formula is C32H40N8O5. The van der Waals surface area contributed by atoms with Gasteiger partial charge >= 0.3 is 12.1 Å². The number of ether oxygens (including phenoxy) is 4. The minimum absolute atomic E-state index is 0.0788. The Morgan fingerprint density at radius 1 is 1.00 bits per heavy atom. The molecule has 0 aliphatic carbocycles. The second-order valence-electron chi connectivity index (χ2n) is 12.2. The van der Waals surface area contributed by atoms with Crippen molar-refractivity contribution in [3.8, 4) is 34.5 Å². The van der Waals surface area contributed by atoms with Crippen LogP contribution in [0.1, 0.15) is 59.1 Å². The first kappa shape index (κ1) is 30.7. The second kappa shape index (κ2) is 12.9. The van der Waals surface area contributed by atoms with Crippen LogP contribution < -0.4 is 19.7 Å². The Balaban J connectivity index is 1.47. The van der Waals surface area contributed by atoms with Crippen molar-refractivity contribution in [2.24, 2.45) is 0 Å². The van der Waals surface area contributed by atoms with Gasteiger partial charge < -0.3 is 24.3 Å². The topological polar surface area (TPSA) is 139 Å². The van der Waals surface area contributed by atoms with Crippen LogP contribution >= 0.6 is 0 Å². The first-order valence-electron chi connectivity index (χ1n) is 15.4. The van der Waals surface area contributed by atoms with E-state index in [2.05, 4.69) is 20.3 Å². The Labute approximate surface area is 262 Å². The standard InChI is InChI=1S/C32H40N8O5/c1-32(2,3)45-31(41)39(21-11-13-33-14-12-21)26-19-34-18-24(35-26)29-22-16-20(23-17-27(42-4)37-30(36-23)43-5)9-10-25(22)40(38-29)28-8-6-7-15-44-28/h9-10,16-19,21,28,33H,6-8,11-15H2,1-5H3. The maximum Gasteiger partial charge on any atom is 0.416 e. The molecule has 1 aromatic carbocycles. The second-order valence-corrected chi connectivity index (χ2v) is 12.2. The van der Waals surface area contributed by atoms with Crippen molar-refractivity contribution in [2.45, 2.75) is 70.7 Å². The molecule has 2 aliphatic heterocycles. The lowest BCUT2D eigenvalue weighted by atomic mass is 10.0. The van der Waals surface area contributed by atoms with Gasteiger partial charge in [0.05, 0.1) is 37.8 Å². The van der Waals surface area contributed by atoms with Crippen LogP contribution in [0.4, 0.5) is 10.6 Å². The number of rotatable bonds is 7. The molecule has 3 aromatic heterocycles. The molecule has 5 heterocycles. The van der Waals surface area contributed by atoms with Gasteiger partial charge in [-0.25, -0.2) is 14.5 Å². The first-order valence-corrected chi connectivity index (χ1v) is 15.4. The lowest BCUT2D eigenvalue weighted by molar-refractivity contribution is -0.0365. The molecule has 0 bridgehead atoms. The van der Waals surface area contributed by atoms with Gasteiger partial charge in [-0.2, -0.15) is 15.1 Å². The molecule has 13 nitrogen and oxygen atoms in total. The zero-order valence-corrected chi connectivity index (χ0v) is 26.4. The number of methoxy groups -OCH3 is 2. The molecule has 1 atom stereocenters. The van der Waals surface area contributed by atoms with Crippen molar-refractivity contribution >= 4 is 22.8 Å². The number of fused-ring (bicyclic) bond motifs is 1. The Bertz CT molecular complexity index is 1640. The highest BCUT2D eigenvalue weighted by Gasteiger charge is 2.32. The first-order chi connectivity index (χ1) is 21.7. The van der Waals surface area contributed by atoms with E-state index < -0.39 is 11.7 Å². The monoisotopic (exact) mass is 616 g/mol. The summed E-state index contributed by atoms with van der Waals surface area (Å²) in [7, 11) is 3.07. The number of hydrogen-bond acceptors (Lipinski definition) is 11. The Kier molecular flexibility index (Phi) is 8.81. The van der Waals surface area contributed by atoms with Crippen molar-refractivity contribution in [1.82, 2.24) is 35.0 Å². The van der Waals surface area contributed by atoms with Gasteiger partial charge in [-0.15, -0.1) is 0 Å². The molecule has 1 amide bonds. The molecule has 6 rings (SSSR count). The number of carbonyl (C=O) groups excluding carboxylic acids is 1. The fourth-order valence-corrected chi connectivity index (χ4v) is 5.76. The van der Waals surface area contributed by atoms with E-state index in [1.54, 1.807) is 30.5 Å². The van der Waals surface area contributed by atoms with Crippen LogP contribution in [0.3, 0.4) is 0 Å². The summed E-state index contributed by atoms with van der Waals surface area (Å²) in [6.07, 6.45) is 7.12. The molecule has 0 saturated carbocycles. The molecular weight excluding hydrogens is 576 g/mol. The number of nitrogens with one attached hydrogen (secondary N) is 1. The zero-order valence-electron chi connectivity index (χ0n) is 26.4. The van der Waals surface area contributed by atoms with E-state index in [-0.39, 0.29) is 18.3 Å². The predicted molar refractivity (Wildman–Crippen MR) is 168 cm³/mol. The van der Waals surface area contributed by atoms with Crippen LogP contribution in [-0.4, -0.2) is 81.4 Å². The normalized spacial score (nSPS) is 17.7. The Morgan fingerprint density at radius 2 is 1.82 bits per heavy atom. The Morgan fingerprint density at radius 3 is 2.53 bits per heavy atom. The Hall–Kier alpha value is -4.36. The van der Waals surface area contributed by atoms with E-state index in [0.29, 0.717) is 35.4 Å².